The van der Waals surface area contributed by atoms with Crippen LogP contribution < -0.4 is 16.8 Å². The highest BCUT2D eigenvalue weighted by molar-refractivity contribution is 14.1. The summed E-state index contributed by atoms with van der Waals surface area (Å²) in [6.07, 6.45) is 11.3. The normalized spacial score (nSPS) is 25.4. The quantitative estimate of drug-likeness (QED) is 0.00300. The monoisotopic (exact) mass is 2360 g/mol. The van der Waals surface area contributed by atoms with Crippen LogP contribution in [-0.2, 0) is 112 Å². The van der Waals surface area contributed by atoms with Gasteiger partial charge in [0.05, 0.1) is 35.6 Å². The lowest BCUT2D eigenvalue weighted by atomic mass is 9.77. The second-order valence-corrected chi connectivity index (χ2v) is 52.0. The van der Waals surface area contributed by atoms with E-state index in [0.29, 0.717) is 81.9 Å². The van der Waals surface area contributed by atoms with E-state index in [1.165, 1.54) is 99.9 Å². The van der Waals surface area contributed by atoms with Crippen LogP contribution in [0.15, 0.2) is 45.1 Å². The molecular weight excluding hydrogens is 2210 g/mol. The van der Waals surface area contributed by atoms with Crippen molar-refractivity contribution in [3.05, 3.63) is 56.6 Å². The molecule has 142 heavy (non-hydrogen) atoms. The summed E-state index contributed by atoms with van der Waals surface area (Å²) in [5, 5.41) is 65.3. The summed E-state index contributed by atoms with van der Waals surface area (Å²) in [5.74, 6) is -4.83. The van der Waals surface area contributed by atoms with E-state index in [0.717, 1.165) is 55.5 Å². The number of nitrogens with one attached hydrogen (secondary N) is 2. The maximum absolute atomic E-state index is 12.6. The molecule has 67 heteroatoms. The number of aliphatic hydroxyl groups excluding tert-OH is 1. The topological polar surface area (TPSA) is 751 Å². The number of carboxylic acids is 2. The average Bonchev–Trinajstić information content (AvgIpc) is 1.59. The maximum Gasteiger partial charge on any atom is 0.457 e. The third kappa shape index (κ3) is 39.3. The number of azide groups is 3. The fourth-order valence-corrected chi connectivity index (χ4v) is 21.3. The van der Waals surface area contributed by atoms with E-state index in [1.54, 1.807) is 17.0 Å². The van der Waals surface area contributed by atoms with Crippen LogP contribution in [0.5, 0.6) is 0 Å². The number of carboxylic acid groups (broad SMARTS) is 2. The van der Waals surface area contributed by atoms with Gasteiger partial charge < -0.3 is 65.5 Å². The number of ether oxygens (including phenoxy) is 1. The van der Waals surface area contributed by atoms with Gasteiger partial charge in [-0.15, -0.1) is 35.5 Å². The number of carbonyl (C=O) groups is 6. The van der Waals surface area contributed by atoms with Crippen LogP contribution in [0.2, 0.25) is 19.0 Å². The molecule has 1 radical (unpaired) electrons. The molecule has 7 heterocycles. The largest absolute Gasteiger partial charge is 0.480 e. The van der Waals surface area contributed by atoms with Crippen LogP contribution in [0.4, 0.5) is 4.79 Å². The zero-order chi connectivity index (χ0) is 110. The number of halogens is 3. The van der Waals surface area contributed by atoms with Crippen molar-refractivity contribution in [3.8, 4) is 0 Å². The molecule has 11 N–H and O–H groups in total. The van der Waals surface area contributed by atoms with E-state index in [1.807, 2.05) is 91.9 Å². The summed E-state index contributed by atoms with van der Waals surface area (Å²) in [4.78, 5) is 89.2. The van der Waals surface area contributed by atoms with E-state index >= 15 is 0 Å². The van der Waals surface area contributed by atoms with Gasteiger partial charge >= 0.3 is 58.8 Å². The van der Waals surface area contributed by atoms with E-state index in [-0.39, 0.29) is 123 Å². The summed E-state index contributed by atoms with van der Waals surface area (Å²) >= 11 is 5.02. The number of nitrogens with zero attached hydrogens (tertiary/aromatic N) is 20. The highest BCUT2D eigenvalue weighted by Gasteiger charge is 2.59. The Morgan fingerprint density at radius 3 is 1.16 bits per heavy atom. The molecule has 1 saturated carbocycles. The van der Waals surface area contributed by atoms with Gasteiger partial charge in [-0.3, -0.25) is 29.1 Å². The molecule has 53 nitrogen and oxygen atoms in total. The molecule has 1 amide bonds. The Bertz CT molecular complexity index is 5070. The molecule has 10 atom stereocenters. The third-order valence-electron chi connectivity index (χ3n) is 24.7. The van der Waals surface area contributed by atoms with Gasteiger partial charge in [0.1, 0.15) is 51.7 Å². The van der Waals surface area contributed by atoms with Gasteiger partial charge in [-0.25, -0.2) is 9.59 Å². The SMILES string of the molecule is C.C=CC[C@H]1CCC[C@@]1(N=[N+]=[N-])C(C)=O.C=CC[C@H]1CN(S(=O)(=O)N(C)C)C[C@@]1(N=[N+]=[N-])C(C)=O.CC(=O)[C@]1(N=[N+]=[N-])CN(S(=O)(=O)N(C)C)C[C@@H]1CCCB1OC(C)(C)C(C)(C)O1.CN(C)S(=O)(=O)N1CCOC1=O.CN(C)S(=O)(=O)N1C[C@H](CCCB(O)O)[C@](N)(C(=O)O)C1.CN(C)S(=O)(=O)N1C[C@H](CCCB2OC(C)(C)C(C)(C)O2)[C@](N)(C(=O)O)C1.CNC.N=P[B]I.O=C=NS(=O)(=O)Cl.OCCBr. The Morgan fingerprint density at radius 1 is 0.606 bits per heavy atom. The molecule has 0 spiro atoms. The number of ketones is 3. The molecule has 0 aromatic rings. The number of alkyl halides is 1. The molecule has 0 aromatic heterocycles. The standard InChI is InChI=1S/C17H32BN5O5S.C16H32BN3O6S.C11H19N5O3S.C10H22BN3O6S.C10H15N3O.C5H10N2O4S.C2H5BrO.C2H7N.CClNO3S.CH4.BHINP/c1-13(24)17(20-21-19)12-23(29(25,26)22(6)7)11-14(17)9-8-10-18-27-15(2,3)16(4,5)28-18;1-14(2)15(3,4)26-17(25-14)9-7-8-12-10-20(27(23,24)19(5)6)11-16(12,18)13(21)22;1-5-6-10-7-16(20(18,19)15(3)4)8-11(10,9(2)17)13-14-12;1-13(2)21(19,20)14-6-8(4-3-5-11(17)18)10(12,7-14)9(15)16;1-3-5-9-6-4-7-10(9,8(2)14)12-13-11;1-6(2)12(9,10)7-3-4-11-5(7)8;3-1-2-4;1-3-2;2-7(5,6)3-1-4;;2-1-4-3/h14H,8-12H2,1-7H3;12H,7-11,18H2,1-6H3,(H,21,22);5,10H,1,6-8H2,2-4H3;8,17-18H,3-7,12H2,1-2H3,(H,15,16);3,9H,1,4-7H2,2H3;3-4H2,1-2H3;4H,1-2H2;3H,1-2H3;;1H4;3H/t14-,17+;12-,16-;10-,11+;8-,10-;9-,10+;;;;;;/m00000....../s1. The van der Waals surface area contributed by atoms with Crippen LogP contribution >= 0.6 is 57.2 Å². The van der Waals surface area contributed by atoms with Gasteiger partial charge in [0.15, 0.2) is 0 Å². The number of cyclic esters (lactones) is 1. The zero-order valence-electron chi connectivity index (χ0n) is 84.3. The van der Waals surface area contributed by atoms with Gasteiger partial charge in [-0.1, -0.05) is 80.9 Å². The van der Waals surface area contributed by atoms with Gasteiger partial charge in [-0.05, 0) is 197 Å². The first kappa shape index (κ1) is 141. The summed E-state index contributed by atoms with van der Waals surface area (Å²) < 4.78 is 181. The third-order valence-corrected chi connectivity index (χ3v) is 35.7. The minimum atomic E-state index is -4.00. The van der Waals surface area contributed by atoms with Crippen molar-refractivity contribution < 1.29 is 133 Å². The lowest BCUT2D eigenvalue weighted by Gasteiger charge is -2.32. The lowest BCUT2D eigenvalue weighted by Crippen LogP contribution is -2.55. The van der Waals surface area contributed by atoms with Crippen molar-refractivity contribution in [3.63, 3.8) is 0 Å². The fourth-order valence-electron chi connectivity index (χ4n) is 15.4. The minimum Gasteiger partial charge on any atom is -0.480 e. The highest BCUT2D eigenvalue weighted by atomic mass is 127. The van der Waals surface area contributed by atoms with Gasteiger partial charge in [0.2, 0.25) is 0 Å². The molecule has 1 aliphatic carbocycles. The zero-order valence-corrected chi connectivity index (χ0v) is 94.6. The van der Waals surface area contributed by atoms with E-state index < -0.39 is 159 Å². The number of carbonyl (C=O) groups excluding carboxylic acids is 5. The van der Waals surface area contributed by atoms with Crippen molar-refractivity contribution in [2.75, 3.05) is 162 Å². The number of rotatable bonds is 37. The number of aliphatic carboxylic acids is 2. The molecular formula is C75H147B4BrClIN24O29PS6. The molecule has 0 aromatic carbocycles. The van der Waals surface area contributed by atoms with Crippen molar-refractivity contribution in [1.82, 2.24) is 48.4 Å². The Kier molecular flexibility index (Phi) is 60.7. The smallest absolute Gasteiger partial charge is 0.457 e. The van der Waals surface area contributed by atoms with Crippen molar-refractivity contribution >= 4 is 185 Å². The average molecular weight is 2360 g/mol. The first-order valence-electron chi connectivity index (χ1n) is 43.7. The Morgan fingerprint density at radius 2 is 0.901 bits per heavy atom. The molecule has 8 fully saturated rings. The molecule has 0 unspecified atom stereocenters. The Balaban J connectivity index is -0.00000160. The lowest BCUT2D eigenvalue weighted by molar-refractivity contribution is -0.145. The number of hydrogen-bond acceptors (Lipinski definition) is 34. The van der Waals surface area contributed by atoms with Crippen LogP contribution in [0.3, 0.4) is 0 Å². The van der Waals surface area contributed by atoms with Gasteiger partial charge in [0.25, 0.3) is 51.8 Å². The van der Waals surface area contributed by atoms with Crippen LogP contribution in [0, 0.1) is 34.8 Å². The number of allylic oxidation sites excluding steroid dienone is 2. The van der Waals surface area contributed by atoms with Crippen molar-refractivity contribution in [2.45, 2.75) is 223 Å². The number of amides is 1. The van der Waals surface area contributed by atoms with Crippen LogP contribution in [-0.4, -0.2) is 399 Å². The molecule has 815 valence electrons. The highest BCUT2D eigenvalue weighted by Crippen LogP contribution is 2.46. The molecule has 8 rings (SSSR count). The van der Waals surface area contributed by atoms with E-state index in [4.69, 9.17) is 71.8 Å². The van der Waals surface area contributed by atoms with Crippen molar-refractivity contribution in [1.29, 1.82) is 5.16 Å². The predicted molar refractivity (Wildman–Crippen MR) is 554 cm³/mol. The van der Waals surface area contributed by atoms with E-state index in [2.05, 4.69) is 84.3 Å². The number of nitrogens with two attached hydrogens (primary N) is 2. The fraction of sp³-hybridized carbons (Fsp3) is 0.853. The van der Waals surface area contributed by atoms with Crippen LogP contribution in [0.25, 0.3) is 31.3 Å². The second-order valence-electron chi connectivity index (χ2n) is 36.3. The second kappa shape index (κ2) is 61.2. The Hall–Kier alpha value is -5.19. The van der Waals surface area contributed by atoms with Crippen molar-refractivity contribution in [2.24, 2.45) is 60.8 Å². The number of isocyanates is 1. The first-order valence-corrected chi connectivity index (χ1v) is 56.3. The maximum atomic E-state index is 12.6. The number of aliphatic hydroxyl groups is 1. The molecule has 0 bridgehead atoms. The minimum absolute atomic E-state index is 0. The summed E-state index contributed by atoms with van der Waals surface area (Å²) in [5.41, 5.74) is 29.8. The van der Waals surface area contributed by atoms with Crippen LogP contribution in [0.1, 0.15) is 154 Å². The van der Waals surface area contributed by atoms with E-state index in [9.17, 15) is 89.5 Å². The number of Topliss-reactive ketones (excluding diaryl/α,β-unsaturated/α-hetero) is 3. The Labute approximate surface area is 867 Å². The van der Waals surface area contributed by atoms with Gasteiger partial charge in [0, 0.05) is 165 Å². The molecule has 7 saturated heterocycles. The number of hydrogen-bond donors (Lipinski definition) is 9. The van der Waals surface area contributed by atoms with Gasteiger partial charge in [-0.2, -0.15) is 93.6 Å². The summed E-state index contributed by atoms with van der Waals surface area (Å²) in [6, 6.07) is 0. The predicted octanol–water partition coefficient (Wildman–Crippen LogP) is 5.87. The summed E-state index contributed by atoms with van der Waals surface area (Å²) in [7, 11) is -1.93. The molecule has 8 aliphatic rings. The molecule has 7 aliphatic heterocycles. The summed E-state index contributed by atoms with van der Waals surface area (Å²) in [6.45, 7) is 27.3. The first-order chi connectivity index (χ1) is 64.5.